The number of nitrogens with zero attached hydrogens (tertiary/aromatic N) is 1. The number of hydrogen-bond donors (Lipinski definition) is 0. The van der Waals surface area contributed by atoms with E-state index in [2.05, 4.69) is 0 Å². The van der Waals surface area contributed by atoms with Crippen LogP contribution in [-0.4, -0.2) is 42.0 Å². The van der Waals surface area contributed by atoms with Crippen LogP contribution in [0.4, 0.5) is 0 Å². The number of rotatable bonds is 2. The van der Waals surface area contributed by atoms with Gasteiger partial charge in [0.05, 0.1) is 13.2 Å². The maximum atomic E-state index is 12.2. The smallest absolute Gasteiger partial charge is 0.220 e. The van der Waals surface area contributed by atoms with Crippen LogP contribution >= 0.6 is 12.2 Å². The molecular weight excluding hydrogens is 234 g/mol. The Hall–Kier alpha value is -1.26. The fourth-order valence-corrected chi connectivity index (χ4v) is 2.12. The summed E-state index contributed by atoms with van der Waals surface area (Å²) in [5.74, 6) is -0.0643. The highest BCUT2D eigenvalue weighted by atomic mass is 32.1. The number of Topliss-reactive ketones (excluding diaryl/α,β-unsaturated/α-hetero) is 1. The van der Waals surface area contributed by atoms with Crippen LogP contribution in [0.1, 0.15) is 15.9 Å². The Morgan fingerprint density at radius 2 is 2.06 bits per heavy atom. The Kier molecular flexibility index (Phi) is 3.86. The van der Waals surface area contributed by atoms with E-state index < -0.39 is 0 Å². The SMILES string of the molecule is Cc1cccc(C(=O)C(=S)N2CCOCC2)c1. The number of hydrogen-bond acceptors (Lipinski definition) is 3. The van der Waals surface area contributed by atoms with Crippen molar-refractivity contribution in [1.82, 2.24) is 4.90 Å². The van der Waals surface area contributed by atoms with Crippen LogP contribution in [0.25, 0.3) is 0 Å². The Balaban J connectivity index is 2.11. The number of benzene rings is 1. The first kappa shape index (κ1) is 12.2. The third-order valence-corrected chi connectivity index (χ3v) is 3.22. The molecule has 1 aliphatic heterocycles. The minimum absolute atomic E-state index is 0.0643. The summed E-state index contributed by atoms with van der Waals surface area (Å²) >= 11 is 5.24. The minimum atomic E-state index is -0.0643. The molecule has 0 aliphatic carbocycles. The molecular formula is C13H15NO2S. The molecule has 1 heterocycles. The van der Waals surface area contributed by atoms with E-state index in [0.29, 0.717) is 36.9 Å². The summed E-state index contributed by atoms with van der Waals surface area (Å²) in [7, 11) is 0. The highest BCUT2D eigenvalue weighted by molar-refractivity contribution is 7.82. The van der Waals surface area contributed by atoms with Crippen LogP contribution in [0.5, 0.6) is 0 Å². The molecule has 0 bridgehead atoms. The lowest BCUT2D eigenvalue weighted by Gasteiger charge is -2.28. The van der Waals surface area contributed by atoms with E-state index >= 15 is 0 Å². The second-order valence-corrected chi connectivity index (χ2v) is 4.49. The molecule has 0 radical (unpaired) electrons. The summed E-state index contributed by atoms with van der Waals surface area (Å²) in [6, 6.07) is 7.52. The molecule has 3 nitrogen and oxygen atoms in total. The third-order valence-electron chi connectivity index (χ3n) is 2.77. The van der Waals surface area contributed by atoms with Crippen LogP contribution in [0, 0.1) is 6.92 Å². The van der Waals surface area contributed by atoms with Gasteiger partial charge in [0.1, 0.15) is 0 Å². The van der Waals surface area contributed by atoms with Crippen LogP contribution < -0.4 is 0 Å². The Bertz CT molecular complexity index is 439. The lowest BCUT2D eigenvalue weighted by molar-refractivity contribution is 0.0670. The molecule has 17 heavy (non-hydrogen) atoms. The number of ether oxygens (including phenoxy) is 1. The van der Waals surface area contributed by atoms with Crippen molar-refractivity contribution in [2.45, 2.75) is 6.92 Å². The fraction of sp³-hybridized carbons (Fsp3) is 0.385. The maximum Gasteiger partial charge on any atom is 0.220 e. The Morgan fingerprint density at radius 3 is 2.71 bits per heavy atom. The summed E-state index contributed by atoms with van der Waals surface area (Å²) in [4.78, 5) is 14.5. The molecule has 1 fully saturated rings. The first-order valence-corrected chi connectivity index (χ1v) is 6.07. The topological polar surface area (TPSA) is 29.5 Å². The normalized spacial score (nSPS) is 15.7. The van der Waals surface area contributed by atoms with E-state index in [-0.39, 0.29) is 5.78 Å². The standard InChI is InChI=1S/C13H15NO2S/c1-10-3-2-4-11(9-10)12(15)13(17)14-5-7-16-8-6-14/h2-4,9H,5-8H2,1H3. The molecule has 0 unspecified atom stereocenters. The summed E-state index contributed by atoms with van der Waals surface area (Å²) in [6.07, 6.45) is 0. The molecule has 0 saturated carbocycles. The molecule has 0 atom stereocenters. The van der Waals surface area contributed by atoms with E-state index in [1.807, 2.05) is 36.1 Å². The van der Waals surface area contributed by atoms with Crippen LogP contribution in [0.3, 0.4) is 0 Å². The summed E-state index contributed by atoms with van der Waals surface area (Å²) in [6.45, 7) is 4.66. The average Bonchev–Trinajstić information content (AvgIpc) is 2.38. The monoisotopic (exact) mass is 249 g/mol. The zero-order valence-corrected chi connectivity index (χ0v) is 10.6. The van der Waals surface area contributed by atoms with Gasteiger partial charge >= 0.3 is 0 Å². The molecule has 1 aromatic rings. The number of carbonyl (C=O) groups is 1. The van der Waals surface area contributed by atoms with Gasteiger partial charge in [-0.05, 0) is 13.0 Å². The number of ketones is 1. The second kappa shape index (κ2) is 5.38. The zero-order valence-electron chi connectivity index (χ0n) is 9.81. The van der Waals surface area contributed by atoms with Gasteiger partial charge in [-0.1, -0.05) is 36.0 Å². The summed E-state index contributed by atoms with van der Waals surface area (Å²) in [5.41, 5.74) is 1.74. The van der Waals surface area contributed by atoms with Crippen LogP contribution in [0.15, 0.2) is 24.3 Å². The number of morpholine rings is 1. The summed E-state index contributed by atoms with van der Waals surface area (Å²) in [5, 5.41) is 0. The van der Waals surface area contributed by atoms with Crippen molar-refractivity contribution < 1.29 is 9.53 Å². The summed E-state index contributed by atoms with van der Waals surface area (Å²) < 4.78 is 5.24. The van der Waals surface area contributed by atoms with E-state index in [0.717, 1.165) is 5.56 Å². The third kappa shape index (κ3) is 2.90. The molecule has 0 spiro atoms. The molecule has 0 aromatic heterocycles. The van der Waals surface area contributed by atoms with Gasteiger partial charge in [0.2, 0.25) is 5.78 Å². The van der Waals surface area contributed by atoms with Gasteiger partial charge in [-0.3, -0.25) is 4.79 Å². The van der Waals surface area contributed by atoms with Crippen molar-refractivity contribution in [3.8, 4) is 0 Å². The maximum absolute atomic E-state index is 12.2. The lowest BCUT2D eigenvalue weighted by Crippen LogP contribution is -2.43. The predicted molar refractivity (Wildman–Crippen MR) is 70.5 cm³/mol. The first-order valence-electron chi connectivity index (χ1n) is 5.66. The first-order chi connectivity index (χ1) is 8.18. The van der Waals surface area contributed by atoms with Gasteiger partial charge in [-0.15, -0.1) is 0 Å². The molecule has 90 valence electrons. The lowest BCUT2D eigenvalue weighted by atomic mass is 10.1. The van der Waals surface area contributed by atoms with Crippen molar-refractivity contribution >= 4 is 23.0 Å². The Morgan fingerprint density at radius 1 is 1.35 bits per heavy atom. The minimum Gasteiger partial charge on any atom is -0.378 e. The number of carbonyl (C=O) groups excluding carboxylic acids is 1. The molecule has 4 heteroatoms. The largest absolute Gasteiger partial charge is 0.378 e. The highest BCUT2D eigenvalue weighted by Gasteiger charge is 2.20. The number of thiocarbonyl (C=S) groups is 1. The molecule has 1 saturated heterocycles. The van der Waals surface area contributed by atoms with Crippen molar-refractivity contribution in [1.29, 1.82) is 0 Å². The van der Waals surface area contributed by atoms with E-state index in [4.69, 9.17) is 17.0 Å². The van der Waals surface area contributed by atoms with Gasteiger partial charge in [-0.25, -0.2) is 0 Å². The van der Waals surface area contributed by atoms with Gasteiger partial charge in [0.15, 0.2) is 4.99 Å². The van der Waals surface area contributed by atoms with Crippen LogP contribution in [-0.2, 0) is 4.74 Å². The van der Waals surface area contributed by atoms with Crippen molar-refractivity contribution in [3.05, 3.63) is 35.4 Å². The predicted octanol–water partition coefficient (Wildman–Crippen LogP) is 1.84. The second-order valence-electron chi connectivity index (χ2n) is 4.10. The number of aryl methyl sites for hydroxylation is 1. The molecule has 0 N–H and O–H groups in total. The quantitative estimate of drug-likeness (QED) is 0.591. The van der Waals surface area contributed by atoms with Gasteiger partial charge in [-0.2, -0.15) is 0 Å². The Labute approximate surface area is 106 Å². The van der Waals surface area contributed by atoms with Gasteiger partial charge < -0.3 is 9.64 Å². The van der Waals surface area contributed by atoms with Gasteiger partial charge in [0.25, 0.3) is 0 Å². The molecule has 0 amide bonds. The molecule has 1 aliphatic rings. The fourth-order valence-electron chi connectivity index (χ4n) is 1.82. The van der Waals surface area contributed by atoms with E-state index in [1.54, 1.807) is 0 Å². The highest BCUT2D eigenvalue weighted by Crippen LogP contribution is 2.09. The molecule has 2 rings (SSSR count). The van der Waals surface area contributed by atoms with E-state index in [9.17, 15) is 4.79 Å². The molecule has 1 aromatic carbocycles. The van der Waals surface area contributed by atoms with Crippen molar-refractivity contribution in [3.63, 3.8) is 0 Å². The van der Waals surface area contributed by atoms with Crippen molar-refractivity contribution in [2.24, 2.45) is 0 Å². The van der Waals surface area contributed by atoms with Crippen molar-refractivity contribution in [2.75, 3.05) is 26.3 Å². The van der Waals surface area contributed by atoms with Gasteiger partial charge in [0, 0.05) is 18.7 Å². The average molecular weight is 249 g/mol. The van der Waals surface area contributed by atoms with E-state index in [1.165, 1.54) is 0 Å². The zero-order chi connectivity index (χ0) is 12.3. The van der Waals surface area contributed by atoms with Crippen LogP contribution in [0.2, 0.25) is 0 Å².